The van der Waals surface area contributed by atoms with Crippen LogP contribution in [-0.2, 0) is 24.3 Å². The second kappa shape index (κ2) is 13.4. The molecule has 4 N–H and O–H groups in total. The molecule has 0 bridgehead atoms. The maximum atomic E-state index is 11.4. The van der Waals surface area contributed by atoms with Gasteiger partial charge in [-0.05, 0) is 12.1 Å². The summed E-state index contributed by atoms with van der Waals surface area (Å²) in [5, 5.41) is 27.8. The highest BCUT2D eigenvalue weighted by atomic mass is 32.2. The number of nitrogens with one attached hydrogen (secondary N) is 1. The number of nitro groups is 1. The van der Waals surface area contributed by atoms with Gasteiger partial charge in [0.05, 0.1) is 42.7 Å². The average Bonchev–Trinajstić information content (AvgIpc) is 2.75. The monoisotopic (exact) mass is 489 g/mol. The Morgan fingerprint density at radius 2 is 1.70 bits per heavy atom. The van der Waals surface area contributed by atoms with Gasteiger partial charge in [-0.25, -0.2) is 13.6 Å². The smallest absolute Gasteiger partial charge is 0.305 e. The zero-order chi connectivity index (χ0) is 24.3. The first-order valence-corrected chi connectivity index (χ1v) is 12.1. The molecule has 14 heteroatoms. The van der Waals surface area contributed by atoms with Crippen molar-refractivity contribution in [2.75, 3.05) is 77.6 Å². The fourth-order valence-corrected chi connectivity index (χ4v) is 3.78. The van der Waals surface area contributed by atoms with Gasteiger partial charge in [-0.15, -0.1) is 0 Å². The van der Waals surface area contributed by atoms with Gasteiger partial charge in [0.1, 0.15) is 5.69 Å². The van der Waals surface area contributed by atoms with E-state index in [2.05, 4.69) is 15.1 Å². The van der Waals surface area contributed by atoms with E-state index in [4.69, 9.17) is 19.7 Å². The van der Waals surface area contributed by atoms with Crippen LogP contribution in [0.4, 0.5) is 11.4 Å². The van der Waals surface area contributed by atoms with Crippen molar-refractivity contribution in [1.29, 1.82) is 0 Å². The standard InChI is InChI=1S/C19H31N5O8S/c20-33(29,30)16-1-2-17(18(15-16)24(27)28)21-4-5-22-6-8-23(9-7-22)10-12-32-14-13-31-11-3-19(25)26/h1-2,15,21H,3-14H2,(H,25,26)(H2,20,29,30). The molecule has 0 saturated carbocycles. The first kappa shape index (κ1) is 26.9. The molecule has 0 atom stereocenters. The Labute approximate surface area is 192 Å². The third-order valence-electron chi connectivity index (χ3n) is 5.09. The van der Waals surface area contributed by atoms with Crippen molar-refractivity contribution in [3.63, 3.8) is 0 Å². The Morgan fingerprint density at radius 1 is 1.09 bits per heavy atom. The van der Waals surface area contributed by atoms with E-state index >= 15 is 0 Å². The van der Waals surface area contributed by atoms with E-state index in [1.807, 2.05) is 0 Å². The summed E-state index contributed by atoms with van der Waals surface area (Å²) in [5.74, 6) is -0.883. The minimum absolute atomic E-state index is 0.0123. The summed E-state index contributed by atoms with van der Waals surface area (Å²) in [6, 6.07) is 3.56. The number of carboxylic acids is 1. The first-order valence-electron chi connectivity index (χ1n) is 10.5. The minimum Gasteiger partial charge on any atom is -0.481 e. The first-order chi connectivity index (χ1) is 15.7. The number of sulfonamides is 1. The van der Waals surface area contributed by atoms with E-state index in [1.54, 1.807) is 0 Å². The van der Waals surface area contributed by atoms with Crippen molar-refractivity contribution < 1.29 is 32.7 Å². The number of anilines is 1. The van der Waals surface area contributed by atoms with Gasteiger partial charge in [0, 0.05) is 51.9 Å². The highest BCUT2D eigenvalue weighted by Crippen LogP contribution is 2.27. The molecule has 1 aliphatic rings. The second-order valence-electron chi connectivity index (χ2n) is 7.46. The lowest BCUT2D eigenvalue weighted by molar-refractivity contribution is -0.384. The molecule has 0 radical (unpaired) electrons. The molecule has 1 aliphatic heterocycles. The van der Waals surface area contributed by atoms with Crippen LogP contribution in [0, 0.1) is 10.1 Å². The summed E-state index contributed by atoms with van der Waals surface area (Å²) in [7, 11) is -4.02. The number of rotatable bonds is 15. The molecule has 1 aromatic rings. The van der Waals surface area contributed by atoms with Crippen molar-refractivity contribution >= 4 is 27.4 Å². The van der Waals surface area contributed by atoms with Gasteiger partial charge in [0.2, 0.25) is 10.0 Å². The average molecular weight is 490 g/mol. The number of carbonyl (C=O) groups is 1. The Bertz CT molecular complexity index is 890. The summed E-state index contributed by atoms with van der Waals surface area (Å²) in [5.41, 5.74) is -0.0891. The van der Waals surface area contributed by atoms with Crippen molar-refractivity contribution in [3.8, 4) is 0 Å². The van der Waals surface area contributed by atoms with Crippen molar-refractivity contribution in [2.24, 2.45) is 5.14 Å². The number of primary sulfonamides is 1. The fraction of sp³-hybridized carbons (Fsp3) is 0.632. The van der Waals surface area contributed by atoms with Crippen molar-refractivity contribution in [2.45, 2.75) is 11.3 Å². The maximum Gasteiger partial charge on any atom is 0.305 e. The molecular weight excluding hydrogens is 458 g/mol. The Kier molecular flexibility index (Phi) is 10.9. The number of nitro benzene ring substituents is 1. The van der Waals surface area contributed by atoms with Crippen LogP contribution in [0.5, 0.6) is 0 Å². The molecule has 1 heterocycles. The van der Waals surface area contributed by atoms with Crippen LogP contribution in [0.3, 0.4) is 0 Å². The predicted molar refractivity (Wildman–Crippen MR) is 120 cm³/mol. The number of hydrogen-bond donors (Lipinski definition) is 3. The molecule has 0 unspecified atom stereocenters. The topological polar surface area (TPSA) is 178 Å². The van der Waals surface area contributed by atoms with Crippen LogP contribution in [0.25, 0.3) is 0 Å². The molecular formula is C19H31N5O8S. The lowest BCUT2D eigenvalue weighted by Crippen LogP contribution is -2.48. The molecule has 0 amide bonds. The van der Waals surface area contributed by atoms with E-state index < -0.39 is 20.9 Å². The van der Waals surface area contributed by atoms with Gasteiger partial charge in [0.25, 0.3) is 5.69 Å². The molecule has 13 nitrogen and oxygen atoms in total. The van der Waals surface area contributed by atoms with Gasteiger partial charge in [-0.1, -0.05) is 0 Å². The molecule has 1 saturated heterocycles. The third kappa shape index (κ3) is 9.98. The zero-order valence-electron chi connectivity index (χ0n) is 18.3. The highest BCUT2D eigenvalue weighted by Gasteiger charge is 2.20. The van der Waals surface area contributed by atoms with Crippen molar-refractivity contribution in [3.05, 3.63) is 28.3 Å². The number of benzene rings is 1. The number of nitrogens with two attached hydrogens (primary N) is 1. The van der Waals surface area contributed by atoms with Gasteiger partial charge in [0.15, 0.2) is 0 Å². The van der Waals surface area contributed by atoms with E-state index in [0.717, 1.165) is 38.8 Å². The number of nitrogens with zero attached hydrogens (tertiary/aromatic N) is 3. The molecule has 1 fully saturated rings. The number of piperazine rings is 1. The van der Waals surface area contributed by atoms with Crippen LogP contribution in [0.1, 0.15) is 6.42 Å². The van der Waals surface area contributed by atoms with Crippen LogP contribution < -0.4 is 10.5 Å². The van der Waals surface area contributed by atoms with Crippen LogP contribution in [-0.4, -0.2) is 106 Å². The Hall–Kier alpha value is -2.36. The highest BCUT2D eigenvalue weighted by molar-refractivity contribution is 7.89. The van der Waals surface area contributed by atoms with Gasteiger partial charge < -0.3 is 19.9 Å². The summed E-state index contributed by atoms with van der Waals surface area (Å²) < 4.78 is 33.5. The van der Waals surface area contributed by atoms with Crippen molar-refractivity contribution in [1.82, 2.24) is 9.80 Å². The largest absolute Gasteiger partial charge is 0.481 e. The molecule has 1 aromatic carbocycles. The molecule has 0 aromatic heterocycles. The molecule has 0 aliphatic carbocycles. The second-order valence-corrected chi connectivity index (χ2v) is 9.02. The summed E-state index contributed by atoms with van der Waals surface area (Å²) >= 11 is 0. The Balaban J connectivity index is 1.62. The van der Waals surface area contributed by atoms with Gasteiger partial charge in [-0.3, -0.25) is 24.7 Å². The lowest BCUT2D eigenvalue weighted by Gasteiger charge is -2.34. The molecule has 33 heavy (non-hydrogen) atoms. The Morgan fingerprint density at radius 3 is 2.27 bits per heavy atom. The van der Waals surface area contributed by atoms with Gasteiger partial charge in [-0.2, -0.15) is 0 Å². The fourth-order valence-electron chi connectivity index (χ4n) is 3.25. The van der Waals surface area contributed by atoms with E-state index in [1.165, 1.54) is 12.1 Å². The summed E-state index contributed by atoms with van der Waals surface area (Å²) in [4.78, 5) is 25.2. The number of ether oxygens (including phenoxy) is 2. The predicted octanol–water partition coefficient (Wildman–Crippen LogP) is -0.220. The van der Waals surface area contributed by atoms with Crippen LogP contribution in [0.2, 0.25) is 0 Å². The normalized spacial score (nSPS) is 15.4. The third-order valence-corrected chi connectivity index (χ3v) is 6.00. The van der Waals surface area contributed by atoms with Gasteiger partial charge >= 0.3 is 5.97 Å². The summed E-state index contributed by atoms with van der Waals surface area (Å²) in [6.45, 7) is 6.97. The maximum absolute atomic E-state index is 11.4. The van der Waals surface area contributed by atoms with E-state index in [-0.39, 0.29) is 29.3 Å². The van der Waals surface area contributed by atoms with E-state index in [9.17, 15) is 23.3 Å². The number of carboxylic acid groups (broad SMARTS) is 1. The molecule has 2 rings (SSSR count). The van der Waals surface area contributed by atoms with E-state index in [0.29, 0.717) is 32.9 Å². The molecule has 186 valence electrons. The number of aliphatic carboxylic acids is 1. The lowest BCUT2D eigenvalue weighted by atomic mass is 10.2. The SMILES string of the molecule is NS(=O)(=O)c1ccc(NCCN2CCN(CCOCCOCCC(=O)O)CC2)c([N+](=O)[O-])c1. The van der Waals surface area contributed by atoms with Crippen LogP contribution in [0.15, 0.2) is 23.1 Å². The molecule has 0 spiro atoms. The minimum atomic E-state index is -4.02. The quantitative estimate of drug-likeness (QED) is 0.168. The number of hydrogen-bond acceptors (Lipinski definition) is 10. The zero-order valence-corrected chi connectivity index (χ0v) is 19.2. The summed E-state index contributed by atoms with van der Waals surface area (Å²) in [6.07, 6.45) is -0.0123. The van der Waals surface area contributed by atoms with Crippen LogP contribution >= 0.6 is 0 Å².